The number of nitrogens with zero attached hydrogens (tertiary/aromatic N) is 1. The van der Waals surface area contributed by atoms with Crippen LogP contribution in [0.25, 0.3) is 0 Å². The largest absolute Gasteiger partial charge is 0.508 e. The van der Waals surface area contributed by atoms with Crippen LogP contribution >= 0.6 is 12.2 Å². The highest BCUT2D eigenvalue weighted by Crippen LogP contribution is 2.20. The van der Waals surface area contributed by atoms with Gasteiger partial charge in [-0.05, 0) is 24.4 Å². The van der Waals surface area contributed by atoms with E-state index in [0.29, 0.717) is 5.69 Å². The third kappa shape index (κ3) is 3.39. The molecule has 0 saturated carbocycles. The lowest BCUT2D eigenvalue weighted by Crippen LogP contribution is -2.37. The first kappa shape index (κ1) is 12.3. The molecule has 0 heterocycles. The zero-order valence-electron chi connectivity index (χ0n) is 8.46. The second kappa shape index (κ2) is 5.32. The standard InChI is InChI=1S/C10H12N2O3S/c11-10(16)12(5-4-9(14)15)7-2-1-3-8(13)6-7/h1-3,6,13H,4-5H2,(H2,11,16)(H,14,15). The van der Waals surface area contributed by atoms with Gasteiger partial charge in [-0.3, -0.25) is 4.79 Å². The van der Waals surface area contributed by atoms with Crippen LogP contribution in [0.1, 0.15) is 6.42 Å². The van der Waals surface area contributed by atoms with Gasteiger partial charge in [0.2, 0.25) is 0 Å². The van der Waals surface area contributed by atoms with Gasteiger partial charge in [0.15, 0.2) is 5.11 Å². The molecule has 0 unspecified atom stereocenters. The monoisotopic (exact) mass is 240 g/mol. The van der Waals surface area contributed by atoms with E-state index in [1.165, 1.54) is 17.0 Å². The molecule has 0 radical (unpaired) electrons. The average molecular weight is 240 g/mol. The van der Waals surface area contributed by atoms with E-state index in [0.717, 1.165) is 0 Å². The highest BCUT2D eigenvalue weighted by molar-refractivity contribution is 7.80. The molecule has 5 nitrogen and oxygen atoms in total. The number of carboxylic acid groups (broad SMARTS) is 1. The molecule has 0 spiro atoms. The Morgan fingerprint density at radius 2 is 2.19 bits per heavy atom. The summed E-state index contributed by atoms with van der Waals surface area (Å²) in [6.45, 7) is 0.175. The van der Waals surface area contributed by atoms with Crippen LogP contribution in [0.2, 0.25) is 0 Å². The van der Waals surface area contributed by atoms with Gasteiger partial charge in [-0.2, -0.15) is 0 Å². The minimum atomic E-state index is -0.929. The van der Waals surface area contributed by atoms with E-state index in [1.807, 2.05) is 0 Å². The fraction of sp³-hybridized carbons (Fsp3) is 0.200. The molecule has 16 heavy (non-hydrogen) atoms. The molecule has 0 atom stereocenters. The Morgan fingerprint density at radius 3 is 2.69 bits per heavy atom. The minimum absolute atomic E-state index is 0.0758. The van der Waals surface area contributed by atoms with Crippen molar-refractivity contribution in [1.82, 2.24) is 0 Å². The second-order valence-electron chi connectivity index (χ2n) is 3.15. The number of carboxylic acids is 1. The number of rotatable bonds is 4. The summed E-state index contributed by atoms with van der Waals surface area (Å²) in [7, 11) is 0. The molecule has 0 aliphatic heterocycles. The van der Waals surface area contributed by atoms with Gasteiger partial charge in [0.1, 0.15) is 5.75 Å². The number of thiocarbonyl (C=S) groups is 1. The van der Waals surface area contributed by atoms with Crippen molar-refractivity contribution in [3.05, 3.63) is 24.3 Å². The normalized spacial score (nSPS) is 9.75. The second-order valence-corrected chi connectivity index (χ2v) is 3.57. The Kier molecular flexibility index (Phi) is 4.07. The van der Waals surface area contributed by atoms with Crippen LogP contribution in [0, 0.1) is 0 Å². The molecule has 0 aliphatic carbocycles. The topological polar surface area (TPSA) is 86.8 Å². The number of anilines is 1. The molecule has 0 saturated heterocycles. The van der Waals surface area contributed by atoms with E-state index in [2.05, 4.69) is 0 Å². The van der Waals surface area contributed by atoms with E-state index in [1.54, 1.807) is 12.1 Å². The number of aliphatic carboxylic acids is 1. The highest BCUT2D eigenvalue weighted by atomic mass is 32.1. The Bertz CT molecular complexity index is 409. The van der Waals surface area contributed by atoms with E-state index in [4.69, 9.17) is 23.1 Å². The molecule has 1 aromatic rings. The van der Waals surface area contributed by atoms with Gasteiger partial charge in [0.25, 0.3) is 0 Å². The Labute approximate surface area is 98.1 Å². The molecule has 1 aromatic carbocycles. The summed E-state index contributed by atoms with van der Waals surface area (Å²) in [5, 5.41) is 18.0. The lowest BCUT2D eigenvalue weighted by atomic mass is 10.2. The minimum Gasteiger partial charge on any atom is -0.508 e. The highest BCUT2D eigenvalue weighted by Gasteiger charge is 2.11. The number of phenols is 1. The van der Waals surface area contributed by atoms with Gasteiger partial charge < -0.3 is 20.8 Å². The van der Waals surface area contributed by atoms with E-state index >= 15 is 0 Å². The summed E-state index contributed by atoms with van der Waals surface area (Å²) in [5.74, 6) is -0.851. The fourth-order valence-electron chi connectivity index (χ4n) is 1.23. The Hall–Kier alpha value is -1.82. The zero-order valence-corrected chi connectivity index (χ0v) is 9.28. The van der Waals surface area contributed by atoms with Crippen LogP contribution in [0.4, 0.5) is 5.69 Å². The first-order valence-electron chi connectivity index (χ1n) is 4.58. The molecule has 1 rings (SSSR count). The molecule has 0 fully saturated rings. The van der Waals surface area contributed by atoms with E-state index in [-0.39, 0.29) is 23.8 Å². The molecule has 0 bridgehead atoms. The number of phenolic OH excluding ortho intramolecular Hbond substituents is 1. The Balaban J connectivity index is 2.85. The number of carbonyl (C=O) groups is 1. The third-order valence-electron chi connectivity index (χ3n) is 1.96. The predicted molar refractivity (Wildman–Crippen MR) is 64.5 cm³/mol. The molecule has 0 aliphatic rings. The third-order valence-corrected chi connectivity index (χ3v) is 2.18. The fourth-order valence-corrected chi connectivity index (χ4v) is 1.43. The lowest BCUT2D eigenvalue weighted by molar-refractivity contribution is -0.136. The molecule has 86 valence electrons. The van der Waals surface area contributed by atoms with Gasteiger partial charge in [0, 0.05) is 18.3 Å². The number of benzene rings is 1. The van der Waals surface area contributed by atoms with Gasteiger partial charge in [-0.1, -0.05) is 6.07 Å². The smallest absolute Gasteiger partial charge is 0.305 e. The molecular formula is C10H12N2O3S. The van der Waals surface area contributed by atoms with Crippen molar-refractivity contribution in [2.45, 2.75) is 6.42 Å². The first-order valence-corrected chi connectivity index (χ1v) is 4.99. The maximum absolute atomic E-state index is 10.5. The SMILES string of the molecule is NC(=S)N(CCC(=O)O)c1cccc(O)c1. The number of nitrogens with two attached hydrogens (primary N) is 1. The summed E-state index contributed by atoms with van der Waals surface area (Å²) in [4.78, 5) is 11.9. The van der Waals surface area contributed by atoms with Crippen LogP contribution in [0.3, 0.4) is 0 Å². The van der Waals surface area contributed by atoms with Crippen molar-refractivity contribution in [3.8, 4) is 5.75 Å². The van der Waals surface area contributed by atoms with Gasteiger partial charge in [0.05, 0.1) is 6.42 Å². The molecule has 0 amide bonds. The van der Waals surface area contributed by atoms with Crippen molar-refractivity contribution >= 4 is 29.0 Å². The predicted octanol–water partition coefficient (Wildman–Crippen LogP) is 0.917. The summed E-state index contributed by atoms with van der Waals surface area (Å²) < 4.78 is 0. The quantitative estimate of drug-likeness (QED) is 0.678. The zero-order chi connectivity index (χ0) is 12.1. The van der Waals surface area contributed by atoms with Crippen LogP contribution < -0.4 is 10.6 Å². The van der Waals surface area contributed by atoms with Crippen molar-refractivity contribution in [1.29, 1.82) is 0 Å². The summed E-state index contributed by atoms with van der Waals surface area (Å²) in [6.07, 6.45) is -0.0764. The van der Waals surface area contributed by atoms with Crippen molar-refractivity contribution in [3.63, 3.8) is 0 Å². The maximum Gasteiger partial charge on any atom is 0.305 e. The summed E-state index contributed by atoms with van der Waals surface area (Å²) in [5.41, 5.74) is 6.07. The molecule has 0 aromatic heterocycles. The van der Waals surface area contributed by atoms with Gasteiger partial charge in [-0.25, -0.2) is 0 Å². The molecule has 4 N–H and O–H groups in total. The summed E-state index contributed by atoms with van der Waals surface area (Å²) >= 11 is 4.82. The van der Waals surface area contributed by atoms with Gasteiger partial charge >= 0.3 is 5.97 Å². The number of hydrogen-bond donors (Lipinski definition) is 3. The van der Waals surface area contributed by atoms with E-state index < -0.39 is 5.97 Å². The van der Waals surface area contributed by atoms with Crippen LogP contribution in [-0.4, -0.2) is 27.8 Å². The molecular weight excluding hydrogens is 228 g/mol. The lowest BCUT2D eigenvalue weighted by Gasteiger charge is -2.22. The molecule has 6 heteroatoms. The number of hydrogen-bond acceptors (Lipinski definition) is 3. The average Bonchev–Trinajstić information content (AvgIpc) is 2.17. The first-order chi connectivity index (χ1) is 7.50. The van der Waals surface area contributed by atoms with Crippen LogP contribution in [0.15, 0.2) is 24.3 Å². The van der Waals surface area contributed by atoms with Crippen LogP contribution in [-0.2, 0) is 4.79 Å². The van der Waals surface area contributed by atoms with Crippen molar-refractivity contribution in [2.24, 2.45) is 5.73 Å². The van der Waals surface area contributed by atoms with Gasteiger partial charge in [-0.15, -0.1) is 0 Å². The number of aromatic hydroxyl groups is 1. The maximum atomic E-state index is 10.5. The van der Waals surface area contributed by atoms with E-state index in [9.17, 15) is 9.90 Å². The Morgan fingerprint density at radius 1 is 1.50 bits per heavy atom. The van der Waals surface area contributed by atoms with Crippen molar-refractivity contribution < 1.29 is 15.0 Å². The summed E-state index contributed by atoms with van der Waals surface area (Å²) in [6, 6.07) is 6.32. The van der Waals surface area contributed by atoms with Crippen LogP contribution in [0.5, 0.6) is 5.75 Å². The van der Waals surface area contributed by atoms with Crippen molar-refractivity contribution in [2.75, 3.05) is 11.4 Å².